The molecule has 6 nitrogen and oxygen atoms in total. The van der Waals surface area contributed by atoms with Gasteiger partial charge in [0.25, 0.3) is 0 Å². The van der Waals surface area contributed by atoms with Gasteiger partial charge in [-0.05, 0) is 32.5 Å². The Bertz CT molecular complexity index is 643. The zero-order chi connectivity index (χ0) is 15.5. The summed E-state index contributed by atoms with van der Waals surface area (Å²) in [7, 11) is 3.28. The minimum atomic E-state index is -0.914. The van der Waals surface area contributed by atoms with Crippen LogP contribution in [-0.4, -0.2) is 46.5 Å². The van der Waals surface area contributed by atoms with Gasteiger partial charge in [-0.15, -0.1) is 0 Å². The molecule has 2 aromatic rings. The molecule has 1 heterocycles. The van der Waals surface area contributed by atoms with Crippen molar-refractivity contribution in [2.45, 2.75) is 24.0 Å². The average molecular weight is 309 g/mol. The normalized spacial score (nSPS) is 14.0. The molecule has 0 spiro atoms. The lowest BCUT2D eigenvalue weighted by Gasteiger charge is -2.23. The fourth-order valence-corrected chi connectivity index (χ4v) is 2.90. The minimum Gasteiger partial charge on any atom is -0.497 e. The topological polar surface area (TPSA) is 87.2 Å². The third-order valence-corrected chi connectivity index (χ3v) is 4.41. The molecule has 7 heteroatoms. The van der Waals surface area contributed by atoms with Gasteiger partial charge in [0.05, 0.1) is 18.1 Å². The van der Waals surface area contributed by atoms with E-state index in [-0.39, 0.29) is 0 Å². The van der Waals surface area contributed by atoms with Gasteiger partial charge in [-0.1, -0.05) is 11.8 Å². The Balaban J connectivity index is 2.02. The van der Waals surface area contributed by atoms with Gasteiger partial charge in [0.2, 0.25) is 0 Å². The molecule has 0 aliphatic heterocycles. The number of aliphatic carboxylic acids is 1. The molecule has 0 saturated carbocycles. The molecule has 0 radical (unpaired) electrons. The lowest BCUT2D eigenvalue weighted by atomic mass is 10.00. The maximum atomic E-state index is 11.2. The quantitative estimate of drug-likeness (QED) is 0.679. The lowest BCUT2D eigenvalue weighted by Crippen LogP contribution is -2.47. The predicted molar refractivity (Wildman–Crippen MR) is 83.1 cm³/mol. The number of methoxy groups -OCH3 is 1. The van der Waals surface area contributed by atoms with Crippen molar-refractivity contribution in [1.29, 1.82) is 0 Å². The van der Waals surface area contributed by atoms with Crippen molar-refractivity contribution < 1.29 is 14.6 Å². The van der Waals surface area contributed by atoms with E-state index in [0.29, 0.717) is 12.2 Å². The number of aromatic nitrogens is 2. The molecule has 0 aliphatic carbocycles. The van der Waals surface area contributed by atoms with Gasteiger partial charge in [-0.25, -0.2) is 4.98 Å². The van der Waals surface area contributed by atoms with Crippen molar-refractivity contribution in [3.63, 3.8) is 0 Å². The largest absolute Gasteiger partial charge is 0.497 e. The van der Waals surface area contributed by atoms with Gasteiger partial charge in [0.15, 0.2) is 5.16 Å². The SMILES string of the molecule is CNC(C)(CCSc1nc2ccc(OC)cc2[nH]1)C(=O)O. The summed E-state index contributed by atoms with van der Waals surface area (Å²) in [6.07, 6.45) is 0.504. The molecule has 0 saturated heterocycles. The number of carboxylic acid groups (broad SMARTS) is 1. The van der Waals surface area contributed by atoms with E-state index in [0.717, 1.165) is 21.9 Å². The standard InChI is InChI=1S/C14H19N3O3S/c1-14(15-2,12(18)19)6-7-21-13-16-10-5-4-9(20-3)8-11(10)17-13/h4-5,8,15H,6-7H2,1-3H3,(H,16,17)(H,18,19). The molecule has 1 atom stereocenters. The molecule has 2 rings (SSSR count). The molecule has 21 heavy (non-hydrogen) atoms. The molecule has 0 amide bonds. The van der Waals surface area contributed by atoms with Crippen LogP contribution in [0, 0.1) is 0 Å². The number of hydrogen-bond donors (Lipinski definition) is 3. The summed E-state index contributed by atoms with van der Waals surface area (Å²) >= 11 is 1.51. The summed E-state index contributed by atoms with van der Waals surface area (Å²) in [5, 5.41) is 12.8. The minimum absolute atomic E-state index is 0.504. The zero-order valence-corrected chi connectivity index (χ0v) is 13.1. The Morgan fingerprint density at radius 3 is 2.95 bits per heavy atom. The van der Waals surface area contributed by atoms with Crippen LogP contribution in [0.15, 0.2) is 23.4 Å². The maximum Gasteiger partial charge on any atom is 0.323 e. The maximum absolute atomic E-state index is 11.2. The van der Waals surface area contributed by atoms with E-state index in [4.69, 9.17) is 4.74 Å². The van der Waals surface area contributed by atoms with Crippen molar-refractivity contribution >= 4 is 28.8 Å². The number of hydrogen-bond acceptors (Lipinski definition) is 5. The number of likely N-dealkylation sites (N-methyl/N-ethyl adjacent to an activating group) is 1. The fourth-order valence-electron chi connectivity index (χ4n) is 1.85. The van der Waals surface area contributed by atoms with E-state index in [1.165, 1.54) is 11.8 Å². The second-order valence-corrected chi connectivity index (χ2v) is 5.99. The number of carbonyl (C=O) groups is 1. The van der Waals surface area contributed by atoms with E-state index in [1.54, 1.807) is 21.1 Å². The Morgan fingerprint density at radius 2 is 2.33 bits per heavy atom. The Kier molecular flexibility index (Phi) is 4.74. The van der Waals surface area contributed by atoms with Gasteiger partial charge >= 0.3 is 5.97 Å². The summed E-state index contributed by atoms with van der Waals surface area (Å²) in [6, 6.07) is 5.64. The van der Waals surface area contributed by atoms with Crippen LogP contribution in [-0.2, 0) is 4.79 Å². The molecule has 3 N–H and O–H groups in total. The Morgan fingerprint density at radius 1 is 1.57 bits per heavy atom. The predicted octanol–water partition coefficient (Wildman–Crippen LogP) is 2.12. The van der Waals surface area contributed by atoms with E-state index in [2.05, 4.69) is 15.3 Å². The van der Waals surface area contributed by atoms with E-state index in [1.807, 2.05) is 18.2 Å². The average Bonchev–Trinajstić information content (AvgIpc) is 2.88. The number of carboxylic acids is 1. The number of ether oxygens (including phenoxy) is 1. The molecular formula is C14H19N3O3S. The van der Waals surface area contributed by atoms with E-state index >= 15 is 0 Å². The van der Waals surface area contributed by atoms with Crippen molar-refractivity contribution in [2.24, 2.45) is 0 Å². The van der Waals surface area contributed by atoms with Gasteiger partial charge in [0, 0.05) is 11.8 Å². The highest BCUT2D eigenvalue weighted by atomic mass is 32.2. The van der Waals surface area contributed by atoms with Crippen molar-refractivity contribution in [3.8, 4) is 5.75 Å². The summed E-state index contributed by atoms with van der Waals surface area (Å²) in [5.74, 6) is 0.580. The molecule has 0 aliphatic rings. The van der Waals surface area contributed by atoms with Crippen LogP contribution in [0.5, 0.6) is 5.75 Å². The molecule has 1 unspecified atom stereocenters. The fraction of sp³-hybridized carbons (Fsp3) is 0.429. The van der Waals surface area contributed by atoms with Crippen LogP contribution >= 0.6 is 11.8 Å². The van der Waals surface area contributed by atoms with Crippen LogP contribution in [0.1, 0.15) is 13.3 Å². The molecule has 114 valence electrons. The molecular weight excluding hydrogens is 290 g/mol. The van der Waals surface area contributed by atoms with E-state index in [9.17, 15) is 9.90 Å². The monoisotopic (exact) mass is 309 g/mol. The number of H-pyrrole nitrogens is 1. The first-order chi connectivity index (χ1) is 9.98. The number of aromatic amines is 1. The summed E-state index contributed by atoms with van der Waals surface area (Å²) in [4.78, 5) is 18.9. The third-order valence-electron chi connectivity index (χ3n) is 3.53. The van der Waals surface area contributed by atoms with Gasteiger partial charge < -0.3 is 20.1 Å². The second kappa shape index (κ2) is 6.36. The summed E-state index contributed by atoms with van der Waals surface area (Å²) in [6.45, 7) is 1.68. The molecule has 1 aromatic heterocycles. The third kappa shape index (κ3) is 3.48. The molecule has 0 bridgehead atoms. The first-order valence-corrected chi connectivity index (χ1v) is 7.56. The molecule has 0 fully saturated rings. The van der Waals surface area contributed by atoms with Crippen LogP contribution in [0.25, 0.3) is 11.0 Å². The number of thioether (sulfide) groups is 1. The highest BCUT2D eigenvalue weighted by Gasteiger charge is 2.30. The highest BCUT2D eigenvalue weighted by Crippen LogP contribution is 2.24. The van der Waals surface area contributed by atoms with Crippen molar-refractivity contribution in [1.82, 2.24) is 15.3 Å². The number of benzene rings is 1. The smallest absolute Gasteiger partial charge is 0.323 e. The van der Waals surface area contributed by atoms with Crippen molar-refractivity contribution in [3.05, 3.63) is 18.2 Å². The van der Waals surface area contributed by atoms with Crippen molar-refractivity contribution in [2.75, 3.05) is 19.9 Å². The van der Waals surface area contributed by atoms with Crippen LogP contribution < -0.4 is 10.1 Å². The Hall–Kier alpha value is -1.73. The van der Waals surface area contributed by atoms with Gasteiger partial charge in [0.1, 0.15) is 11.3 Å². The van der Waals surface area contributed by atoms with Gasteiger partial charge in [-0.2, -0.15) is 0 Å². The first kappa shape index (κ1) is 15.7. The van der Waals surface area contributed by atoms with Crippen LogP contribution in [0.2, 0.25) is 0 Å². The van der Waals surface area contributed by atoms with Gasteiger partial charge in [-0.3, -0.25) is 4.79 Å². The zero-order valence-electron chi connectivity index (χ0n) is 12.3. The first-order valence-electron chi connectivity index (χ1n) is 6.57. The summed E-state index contributed by atoms with van der Waals surface area (Å²) in [5.41, 5.74) is 0.863. The summed E-state index contributed by atoms with van der Waals surface area (Å²) < 4.78 is 5.17. The number of fused-ring (bicyclic) bond motifs is 1. The molecule has 1 aromatic carbocycles. The van der Waals surface area contributed by atoms with Crippen LogP contribution in [0.4, 0.5) is 0 Å². The van der Waals surface area contributed by atoms with E-state index < -0.39 is 11.5 Å². The van der Waals surface area contributed by atoms with Crippen LogP contribution in [0.3, 0.4) is 0 Å². The number of nitrogens with one attached hydrogen (secondary N) is 2. The number of imidazole rings is 1. The Labute approximate surface area is 127 Å². The lowest BCUT2D eigenvalue weighted by molar-refractivity contribution is -0.144. The second-order valence-electron chi connectivity index (χ2n) is 4.91. The highest BCUT2D eigenvalue weighted by molar-refractivity contribution is 7.99. The number of rotatable bonds is 7. The number of nitrogens with zero attached hydrogens (tertiary/aromatic N) is 1.